The number of hydrogen-bond acceptors (Lipinski definition) is 2. The quantitative estimate of drug-likeness (QED) is 0.671. The molecular weight excluding hydrogens is 164 g/mol. The van der Waals surface area contributed by atoms with E-state index in [1.807, 2.05) is 0 Å². The highest BCUT2D eigenvalue weighted by Crippen LogP contribution is 2.25. The van der Waals surface area contributed by atoms with Crippen molar-refractivity contribution < 1.29 is 9.47 Å². The van der Waals surface area contributed by atoms with Crippen LogP contribution in [0.25, 0.3) is 0 Å². The van der Waals surface area contributed by atoms with Crippen molar-refractivity contribution in [1.29, 1.82) is 0 Å². The van der Waals surface area contributed by atoms with Crippen LogP contribution >= 0.6 is 0 Å². The molecule has 0 aromatic carbocycles. The van der Waals surface area contributed by atoms with Crippen molar-refractivity contribution in [3.63, 3.8) is 0 Å². The molecule has 1 aliphatic carbocycles. The van der Waals surface area contributed by atoms with Gasteiger partial charge in [-0.05, 0) is 25.2 Å². The van der Waals surface area contributed by atoms with Crippen LogP contribution in [-0.4, -0.2) is 19.5 Å². The zero-order chi connectivity index (χ0) is 8.93. The highest BCUT2D eigenvalue weighted by Gasteiger charge is 2.19. The van der Waals surface area contributed by atoms with Gasteiger partial charge < -0.3 is 9.47 Å². The van der Waals surface area contributed by atoms with E-state index in [-0.39, 0.29) is 6.29 Å². The first-order chi connectivity index (χ1) is 6.45. The van der Waals surface area contributed by atoms with Crippen molar-refractivity contribution in [2.24, 2.45) is 5.92 Å². The Labute approximate surface area is 80.6 Å². The van der Waals surface area contributed by atoms with Gasteiger partial charge in [0, 0.05) is 13.0 Å². The monoisotopic (exact) mass is 184 g/mol. The highest BCUT2D eigenvalue weighted by atomic mass is 16.7. The van der Waals surface area contributed by atoms with Crippen LogP contribution in [0.3, 0.4) is 0 Å². The molecule has 1 heterocycles. The fourth-order valence-electron chi connectivity index (χ4n) is 2.28. The van der Waals surface area contributed by atoms with Crippen LogP contribution in [0.15, 0.2) is 0 Å². The number of rotatable bonds is 3. The van der Waals surface area contributed by atoms with Gasteiger partial charge in [0.25, 0.3) is 0 Å². The second-order valence-electron chi connectivity index (χ2n) is 4.28. The van der Waals surface area contributed by atoms with E-state index in [0.717, 1.165) is 25.6 Å². The molecule has 1 saturated heterocycles. The Balaban J connectivity index is 1.60. The molecule has 0 aromatic rings. The Hall–Kier alpha value is -0.0800. The van der Waals surface area contributed by atoms with E-state index < -0.39 is 0 Å². The summed E-state index contributed by atoms with van der Waals surface area (Å²) in [6.07, 6.45) is 9.37. The lowest BCUT2D eigenvalue weighted by molar-refractivity contribution is -0.122. The molecule has 2 fully saturated rings. The summed E-state index contributed by atoms with van der Waals surface area (Å²) in [4.78, 5) is 0. The lowest BCUT2D eigenvalue weighted by Crippen LogP contribution is -2.19. The summed E-state index contributed by atoms with van der Waals surface area (Å²) in [5, 5.41) is 0. The minimum Gasteiger partial charge on any atom is -0.353 e. The first-order valence-electron chi connectivity index (χ1n) is 5.68. The Bertz CT molecular complexity index is 135. The SMILES string of the molecule is C1CCC(COC2CCCO2)CC1. The average molecular weight is 184 g/mol. The molecule has 1 atom stereocenters. The summed E-state index contributed by atoms with van der Waals surface area (Å²) in [6.45, 7) is 1.83. The van der Waals surface area contributed by atoms with E-state index in [0.29, 0.717) is 0 Å². The van der Waals surface area contributed by atoms with Gasteiger partial charge in [0.2, 0.25) is 0 Å². The average Bonchev–Trinajstić information content (AvgIpc) is 2.69. The Kier molecular flexibility index (Phi) is 3.62. The van der Waals surface area contributed by atoms with Gasteiger partial charge in [-0.15, -0.1) is 0 Å². The van der Waals surface area contributed by atoms with E-state index in [4.69, 9.17) is 9.47 Å². The van der Waals surface area contributed by atoms with Crippen molar-refractivity contribution in [2.45, 2.75) is 51.2 Å². The molecule has 0 bridgehead atoms. The Morgan fingerprint density at radius 2 is 1.85 bits per heavy atom. The second kappa shape index (κ2) is 4.97. The molecule has 1 unspecified atom stereocenters. The largest absolute Gasteiger partial charge is 0.353 e. The van der Waals surface area contributed by atoms with Crippen LogP contribution in [0.5, 0.6) is 0 Å². The second-order valence-corrected chi connectivity index (χ2v) is 4.28. The van der Waals surface area contributed by atoms with Gasteiger partial charge in [0.1, 0.15) is 0 Å². The summed E-state index contributed by atoms with van der Waals surface area (Å²) in [6, 6.07) is 0. The smallest absolute Gasteiger partial charge is 0.157 e. The first kappa shape index (κ1) is 9.47. The van der Waals surface area contributed by atoms with E-state index in [9.17, 15) is 0 Å². The zero-order valence-corrected chi connectivity index (χ0v) is 8.34. The van der Waals surface area contributed by atoms with E-state index in [2.05, 4.69) is 0 Å². The van der Waals surface area contributed by atoms with Crippen molar-refractivity contribution in [2.75, 3.05) is 13.2 Å². The number of ether oxygens (including phenoxy) is 2. The van der Waals surface area contributed by atoms with Crippen molar-refractivity contribution in [1.82, 2.24) is 0 Å². The lowest BCUT2D eigenvalue weighted by Gasteiger charge is -2.22. The van der Waals surface area contributed by atoms with Gasteiger partial charge in [-0.3, -0.25) is 0 Å². The van der Waals surface area contributed by atoms with Crippen LogP contribution in [0.2, 0.25) is 0 Å². The summed E-state index contributed by atoms with van der Waals surface area (Å²) >= 11 is 0. The fraction of sp³-hybridized carbons (Fsp3) is 1.00. The molecule has 13 heavy (non-hydrogen) atoms. The van der Waals surface area contributed by atoms with Gasteiger partial charge >= 0.3 is 0 Å². The minimum absolute atomic E-state index is 0.127. The van der Waals surface area contributed by atoms with Crippen LogP contribution in [0.1, 0.15) is 44.9 Å². The Morgan fingerprint density at radius 1 is 1.00 bits per heavy atom. The molecule has 0 aromatic heterocycles. The molecular formula is C11H20O2. The predicted molar refractivity (Wildman–Crippen MR) is 51.5 cm³/mol. The zero-order valence-electron chi connectivity index (χ0n) is 8.34. The van der Waals surface area contributed by atoms with Gasteiger partial charge in [-0.1, -0.05) is 19.3 Å². The minimum atomic E-state index is 0.127. The van der Waals surface area contributed by atoms with E-state index in [1.54, 1.807) is 0 Å². The Morgan fingerprint density at radius 3 is 2.54 bits per heavy atom. The predicted octanol–water partition coefficient (Wildman–Crippen LogP) is 2.72. The van der Waals surface area contributed by atoms with E-state index in [1.165, 1.54) is 38.5 Å². The van der Waals surface area contributed by atoms with Crippen molar-refractivity contribution in [3.05, 3.63) is 0 Å². The molecule has 2 nitrogen and oxygen atoms in total. The number of hydrogen-bond donors (Lipinski definition) is 0. The van der Waals surface area contributed by atoms with E-state index >= 15 is 0 Å². The standard InChI is InChI=1S/C11H20O2/c1-2-5-10(6-3-1)9-13-11-7-4-8-12-11/h10-11H,1-9H2. The van der Waals surface area contributed by atoms with Gasteiger partial charge in [-0.25, -0.2) is 0 Å². The molecule has 0 N–H and O–H groups in total. The highest BCUT2D eigenvalue weighted by molar-refractivity contribution is 4.65. The molecule has 2 heteroatoms. The molecule has 2 rings (SSSR count). The molecule has 0 spiro atoms. The molecule has 1 saturated carbocycles. The van der Waals surface area contributed by atoms with Crippen LogP contribution in [0.4, 0.5) is 0 Å². The summed E-state index contributed by atoms with van der Waals surface area (Å²) < 4.78 is 11.1. The summed E-state index contributed by atoms with van der Waals surface area (Å²) in [7, 11) is 0. The molecule has 0 amide bonds. The van der Waals surface area contributed by atoms with Crippen molar-refractivity contribution in [3.8, 4) is 0 Å². The van der Waals surface area contributed by atoms with Gasteiger partial charge in [-0.2, -0.15) is 0 Å². The third-order valence-electron chi connectivity index (χ3n) is 3.13. The third-order valence-corrected chi connectivity index (χ3v) is 3.13. The van der Waals surface area contributed by atoms with Crippen LogP contribution < -0.4 is 0 Å². The van der Waals surface area contributed by atoms with Gasteiger partial charge in [0.05, 0.1) is 6.61 Å². The first-order valence-corrected chi connectivity index (χ1v) is 5.68. The fourth-order valence-corrected chi connectivity index (χ4v) is 2.28. The molecule has 2 aliphatic rings. The molecule has 1 aliphatic heterocycles. The topological polar surface area (TPSA) is 18.5 Å². The maximum Gasteiger partial charge on any atom is 0.157 e. The van der Waals surface area contributed by atoms with Crippen LogP contribution in [-0.2, 0) is 9.47 Å². The summed E-state index contributed by atoms with van der Waals surface area (Å²) in [5.74, 6) is 0.818. The summed E-state index contributed by atoms with van der Waals surface area (Å²) in [5.41, 5.74) is 0. The maximum atomic E-state index is 5.72. The van der Waals surface area contributed by atoms with Crippen LogP contribution in [0, 0.1) is 5.92 Å². The van der Waals surface area contributed by atoms with Crippen molar-refractivity contribution >= 4 is 0 Å². The molecule has 0 radical (unpaired) electrons. The maximum absolute atomic E-state index is 5.72. The van der Waals surface area contributed by atoms with Gasteiger partial charge in [0.15, 0.2) is 6.29 Å². The third kappa shape index (κ3) is 2.96. The lowest BCUT2D eigenvalue weighted by atomic mass is 9.90. The normalized spacial score (nSPS) is 30.9. The molecule has 76 valence electrons.